The van der Waals surface area contributed by atoms with Gasteiger partial charge in [0.15, 0.2) is 0 Å². The van der Waals surface area contributed by atoms with Crippen molar-refractivity contribution < 1.29 is 83.4 Å². The van der Waals surface area contributed by atoms with Crippen molar-refractivity contribution in [3.63, 3.8) is 0 Å². The highest BCUT2D eigenvalue weighted by Crippen LogP contribution is 2.15. The molecular weight excluding hydrogens is 794 g/mol. The normalized spacial score (nSPS) is 12.0. The number of hydrogen-bond acceptors (Lipinski definition) is 14. The molecule has 0 aliphatic carbocycles. The molecule has 0 aliphatic rings. The van der Waals surface area contributed by atoms with Gasteiger partial charge < -0.3 is 48.5 Å². The molecule has 0 aliphatic heterocycles. The van der Waals surface area contributed by atoms with Crippen LogP contribution >= 0.6 is 0 Å². The summed E-state index contributed by atoms with van der Waals surface area (Å²) in [7, 11) is 3.12. The summed E-state index contributed by atoms with van der Waals surface area (Å²) in [5.74, 6) is -5.01. The van der Waals surface area contributed by atoms with Gasteiger partial charge in [-0.2, -0.15) is 26.3 Å². The molecule has 0 rings (SSSR count). The summed E-state index contributed by atoms with van der Waals surface area (Å²) in [6.45, 7) is 4.48. The lowest BCUT2D eigenvalue weighted by Crippen LogP contribution is -2.41. The Labute approximate surface area is 337 Å². The van der Waals surface area contributed by atoms with Crippen LogP contribution in [0.25, 0.3) is 0 Å². The average Bonchev–Trinajstić information content (AvgIpc) is 3.16. The number of nitrogens with one attached hydrogen (secondary N) is 2. The molecule has 0 aromatic rings. The summed E-state index contributed by atoms with van der Waals surface area (Å²) in [5, 5.41) is 3.67. The zero-order chi connectivity index (χ0) is 43.3. The molecule has 0 heterocycles. The molecule has 0 unspecified atom stereocenters. The van der Waals surface area contributed by atoms with Crippen LogP contribution in [0.15, 0.2) is 0 Å². The molecule has 0 aromatic carbocycles. The Balaban J connectivity index is 5.17. The number of unbranched alkanes of at least 4 members (excludes halogenated alkanes) is 6. The minimum Gasteiger partial charge on any atom is -0.462 e. The Morgan fingerprint density at radius 1 is 0.431 bits per heavy atom. The fraction of sp³-hybridized carbons (Fsp3) is 0.889. The van der Waals surface area contributed by atoms with E-state index in [1.54, 1.807) is 14.2 Å². The summed E-state index contributed by atoms with van der Waals surface area (Å²) < 4.78 is 116. The van der Waals surface area contributed by atoms with Crippen LogP contribution in [0.3, 0.4) is 0 Å². The van der Waals surface area contributed by atoms with E-state index >= 15 is 0 Å². The molecule has 16 nitrogen and oxygen atoms in total. The van der Waals surface area contributed by atoms with Crippen molar-refractivity contribution in [1.82, 2.24) is 20.4 Å². The number of carbonyl (C=O) groups excluding carboxylic acids is 4. The van der Waals surface area contributed by atoms with E-state index in [-0.39, 0.29) is 52.6 Å². The molecule has 22 heteroatoms. The van der Waals surface area contributed by atoms with E-state index in [9.17, 15) is 45.5 Å². The molecule has 2 amide bonds. The summed E-state index contributed by atoms with van der Waals surface area (Å²) >= 11 is 0. The van der Waals surface area contributed by atoms with Crippen molar-refractivity contribution >= 4 is 23.8 Å². The number of esters is 2. The third kappa shape index (κ3) is 35.1. The van der Waals surface area contributed by atoms with Crippen LogP contribution in [0.1, 0.15) is 51.4 Å². The summed E-state index contributed by atoms with van der Waals surface area (Å²) in [6.07, 6.45) is -5.79. The van der Waals surface area contributed by atoms with E-state index < -0.39 is 36.1 Å². The van der Waals surface area contributed by atoms with E-state index in [0.717, 1.165) is 0 Å². The lowest BCUT2D eigenvalue weighted by atomic mass is 10.1. The lowest BCUT2D eigenvalue weighted by Gasteiger charge is -2.27. The van der Waals surface area contributed by atoms with Crippen LogP contribution in [-0.4, -0.2) is 192 Å². The molecule has 0 aromatic heterocycles. The van der Waals surface area contributed by atoms with E-state index in [1.165, 1.54) is 0 Å². The smallest absolute Gasteiger partial charge is 0.462 e. The molecule has 0 fully saturated rings. The monoisotopic (exact) mass is 858 g/mol. The van der Waals surface area contributed by atoms with Crippen LogP contribution in [-0.2, 0) is 57.1 Å². The Kier molecular flexibility index (Phi) is 34.3. The SMILES string of the molecule is COCCOCCOCCOC(=O)CN(CCCCCCNC(=O)C(F)(F)F)CCN(CCCCCCNC(=O)C(F)(F)F)CC(=O)OCCOCCOCCOC. The van der Waals surface area contributed by atoms with E-state index in [4.69, 9.17) is 37.9 Å². The van der Waals surface area contributed by atoms with Crippen LogP contribution in [0.5, 0.6) is 0 Å². The van der Waals surface area contributed by atoms with Gasteiger partial charge in [-0.15, -0.1) is 0 Å². The topological polar surface area (TPSA) is 173 Å². The first-order valence-electron chi connectivity index (χ1n) is 19.5. The number of rotatable bonds is 39. The van der Waals surface area contributed by atoms with Crippen molar-refractivity contribution in [3.05, 3.63) is 0 Å². The second-order valence-electron chi connectivity index (χ2n) is 12.8. The van der Waals surface area contributed by atoms with Gasteiger partial charge in [0.1, 0.15) is 13.2 Å². The molecule has 0 saturated carbocycles. The summed E-state index contributed by atoms with van der Waals surface area (Å²) in [4.78, 5) is 51.2. The molecule has 342 valence electrons. The number of methoxy groups -OCH3 is 2. The van der Waals surface area contributed by atoms with Gasteiger partial charge in [-0.05, 0) is 38.8 Å². The Morgan fingerprint density at radius 3 is 1.07 bits per heavy atom. The number of halogens is 6. The number of nitrogens with zero attached hydrogens (tertiary/aromatic N) is 2. The van der Waals surface area contributed by atoms with Crippen LogP contribution in [0.4, 0.5) is 26.3 Å². The zero-order valence-electron chi connectivity index (χ0n) is 33.9. The van der Waals surface area contributed by atoms with E-state index in [0.29, 0.717) is 130 Å². The van der Waals surface area contributed by atoms with E-state index in [1.807, 2.05) is 20.4 Å². The van der Waals surface area contributed by atoms with Gasteiger partial charge in [-0.3, -0.25) is 29.0 Å². The average molecular weight is 859 g/mol. The quantitative estimate of drug-likeness (QED) is 0.0525. The van der Waals surface area contributed by atoms with Crippen LogP contribution < -0.4 is 10.6 Å². The maximum absolute atomic E-state index is 12.8. The lowest BCUT2D eigenvalue weighted by molar-refractivity contribution is -0.173. The number of ether oxygens (including phenoxy) is 8. The molecule has 0 radical (unpaired) electrons. The van der Waals surface area contributed by atoms with Gasteiger partial charge in [-0.1, -0.05) is 25.7 Å². The van der Waals surface area contributed by atoms with E-state index in [2.05, 4.69) is 0 Å². The van der Waals surface area contributed by atoms with Gasteiger partial charge >= 0.3 is 36.1 Å². The second-order valence-corrected chi connectivity index (χ2v) is 12.8. The molecular formula is C36H64F6N4O12. The first kappa shape index (κ1) is 55.1. The fourth-order valence-electron chi connectivity index (χ4n) is 4.87. The van der Waals surface area contributed by atoms with Crippen molar-refractivity contribution in [2.24, 2.45) is 0 Å². The van der Waals surface area contributed by atoms with Crippen LogP contribution in [0.2, 0.25) is 0 Å². The van der Waals surface area contributed by atoms with Crippen molar-refractivity contribution in [2.45, 2.75) is 63.7 Å². The Hall–Kier alpha value is -2.86. The minimum absolute atomic E-state index is 0.0107. The highest BCUT2D eigenvalue weighted by molar-refractivity contribution is 5.82. The number of alkyl halides is 6. The molecule has 0 bridgehead atoms. The van der Waals surface area contributed by atoms with Crippen LogP contribution in [0, 0.1) is 0 Å². The minimum atomic E-state index is -4.95. The largest absolute Gasteiger partial charge is 0.471 e. The number of hydrogen-bond donors (Lipinski definition) is 2. The number of amides is 2. The highest BCUT2D eigenvalue weighted by Gasteiger charge is 2.38. The summed E-state index contributed by atoms with van der Waals surface area (Å²) in [5.41, 5.74) is 0. The second kappa shape index (κ2) is 36.0. The third-order valence-electron chi connectivity index (χ3n) is 7.92. The van der Waals surface area contributed by atoms with Gasteiger partial charge in [0.25, 0.3) is 0 Å². The van der Waals surface area contributed by atoms with Crippen molar-refractivity contribution in [1.29, 1.82) is 0 Å². The molecule has 0 saturated heterocycles. The standard InChI is InChI=1S/C36H64F6N4O12/c1-51-17-19-53-21-23-55-25-27-57-31(47)29-45(13-9-5-3-7-11-43-33(49)35(37,38)39)15-16-46(14-10-6-4-8-12-44-34(50)36(40,41)42)30-32(48)58-28-26-56-24-22-54-20-18-52-2/h3-30H2,1-2H3,(H,43,49)(H,44,50). The van der Waals surface area contributed by atoms with Crippen molar-refractivity contribution in [3.8, 4) is 0 Å². The molecule has 0 atom stereocenters. The van der Waals surface area contributed by atoms with Gasteiger partial charge in [0.05, 0.1) is 79.2 Å². The summed E-state index contributed by atoms with van der Waals surface area (Å²) in [6, 6.07) is 0. The maximum Gasteiger partial charge on any atom is 0.471 e. The Bertz CT molecular complexity index is 984. The first-order chi connectivity index (χ1) is 27.7. The fourth-order valence-corrected chi connectivity index (χ4v) is 4.87. The predicted octanol–water partition coefficient (Wildman–Crippen LogP) is 2.51. The third-order valence-corrected chi connectivity index (χ3v) is 7.92. The molecule has 58 heavy (non-hydrogen) atoms. The molecule has 0 spiro atoms. The van der Waals surface area contributed by atoms with Crippen molar-refractivity contribution in [2.75, 3.05) is 146 Å². The highest BCUT2D eigenvalue weighted by atomic mass is 19.4. The predicted molar refractivity (Wildman–Crippen MR) is 197 cm³/mol. The zero-order valence-corrected chi connectivity index (χ0v) is 33.9. The van der Waals surface area contributed by atoms with Gasteiger partial charge in [0.2, 0.25) is 0 Å². The number of carbonyl (C=O) groups is 4. The van der Waals surface area contributed by atoms with Gasteiger partial charge in [0, 0.05) is 40.4 Å². The maximum atomic E-state index is 12.8. The van der Waals surface area contributed by atoms with Gasteiger partial charge in [-0.25, -0.2) is 0 Å². The molecule has 2 N–H and O–H groups in total. The first-order valence-corrected chi connectivity index (χ1v) is 19.5. The Morgan fingerprint density at radius 2 is 0.741 bits per heavy atom.